The van der Waals surface area contributed by atoms with Crippen molar-refractivity contribution >= 4 is 26.9 Å². The van der Waals surface area contributed by atoms with Crippen LogP contribution in [0.1, 0.15) is 31.2 Å². The Hall–Kier alpha value is -2.71. The van der Waals surface area contributed by atoms with Crippen LogP contribution in [0.3, 0.4) is 0 Å². The highest BCUT2D eigenvalue weighted by molar-refractivity contribution is 7.92. The molecule has 8 heteroatoms. The Morgan fingerprint density at radius 1 is 0.968 bits per heavy atom. The number of anilines is 1. The average molecular weight is 441 g/mol. The molecule has 2 aromatic carbocycles. The monoisotopic (exact) mass is 440 g/mol. The topological polar surface area (TPSA) is 84.4 Å². The Balaban J connectivity index is 1.52. The smallest absolute Gasteiger partial charge is 0.263 e. The number of piperidine rings is 1. The number of likely N-dealkylation sites (tertiary alicyclic amines) is 1. The van der Waals surface area contributed by atoms with Gasteiger partial charge < -0.3 is 9.64 Å². The van der Waals surface area contributed by atoms with Gasteiger partial charge in [0.05, 0.1) is 22.5 Å². The number of hydrogen-bond acceptors (Lipinski definition) is 6. The number of nitrogens with one attached hydrogen (secondary N) is 1. The molecule has 0 atom stereocenters. The van der Waals surface area contributed by atoms with Gasteiger partial charge in [0, 0.05) is 6.54 Å². The summed E-state index contributed by atoms with van der Waals surface area (Å²) in [5, 5.41) is 0. The Morgan fingerprint density at radius 3 is 2.35 bits per heavy atom. The summed E-state index contributed by atoms with van der Waals surface area (Å²) in [6.45, 7) is 5.59. The summed E-state index contributed by atoms with van der Waals surface area (Å²) >= 11 is 0. The third-order valence-corrected chi connectivity index (χ3v) is 6.76. The first-order valence-electron chi connectivity index (χ1n) is 10.7. The van der Waals surface area contributed by atoms with Crippen molar-refractivity contribution in [1.82, 2.24) is 14.9 Å². The third kappa shape index (κ3) is 5.51. The molecule has 0 amide bonds. The van der Waals surface area contributed by atoms with Crippen molar-refractivity contribution in [3.8, 4) is 5.88 Å². The molecule has 1 aliphatic rings. The van der Waals surface area contributed by atoms with E-state index < -0.39 is 10.0 Å². The van der Waals surface area contributed by atoms with Gasteiger partial charge in [-0.25, -0.2) is 18.4 Å². The van der Waals surface area contributed by atoms with E-state index in [0.29, 0.717) is 17.6 Å². The molecule has 1 fully saturated rings. The highest BCUT2D eigenvalue weighted by atomic mass is 32.2. The van der Waals surface area contributed by atoms with Crippen molar-refractivity contribution < 1.29 is 13.2 Å². The highest BCUT2D eigenvalue weighted by Gasteiger charge is 2.20. The van der Waals surface area contributed by atoms with E-state index in [2.05, 4.69) is 19.6 Å². The molecule has 0 unspecified atom stereocenters. The Labute approximate surface area is 183 Å². The maximum absolute atomic E-state index is 12.9. The summed E-state index contributed by atoms with van der Waals surface area (Å²) in [4.78, 5) is 11.6. The van der Waals surface area contributed by atoms with Gasteiger partial charge in [0.2, 0.25) is 5.82 Å². The van der Waals surface area contributed by atoms with Crippen molar-refractivity contribution in [2.75, 3.05) is 31.0 Å². The third-order valence-electron chi connectivity index (χ3n) is 5.41. The van der Waals surface area contributed by atoms with Gasteiger partial charge in [-0.3, -0.25) is 4.72 Å². The van der Waals surface area contributed by atoms with E-state index in [1.807, 2.05) is 25.1 Å². The minimum atomic E-state index is -3.81. The van der Waals surface area contributed by atoms with Crippen molar-refractivity contribution in [1.29, 1.82) is 0 Å². The van der Waals surface area contributed by atoms with Crippen molar-refractivity contribution in [2.24, 2.45) is 0 Å². The van der Waals surface area contributed by atoms with Crippen LogP contribution in [0.25, 0.3) is 11.0 Å². The van der Waals surface area contributed by atoms with Crippen LogP contribution < -0.4 is 9.46 Å². The van der Waals surface area contributed by atoms with Crippen LogP contribution in [-0.4, -0.2) is 49.5 Å². The van der Waals surface area contributed by atoms with E-state index in [1.165, 1.54) is 19.3 Å². The van der Waals surface area contributed by atoms with Gasteiger partial charge in [0.1, 0.15) is 0 Å². The van der Waals surface area contributed by atoms with Crippen molar-refractivity contribution in [3.63, 3.8) is 0 Å². The normalized spacial score (nSPS) is 15.1. The lowest BCUT2D eigenvalue weighted by atomic mass is 10.1. The molecule has 0 saturated carbocycles. The SMILES string of the molecule is Cc1ccc(S(=O)(=O)Nc2nc3ccccc3nc2OCCCN2CCCCC2)cc1. The van der Waals surface area contributed by atoms with E-state index in [-0.39, 0.29) is 16.6 Å². The molecule has 4 rings (SSSR count). The second-order valence-corrected chi connectivity index (χ2v) is 9.57. The van der Waals surface area contributed by atoms with Gasteiger partial charge in [-0.05, 0) is 63.5 Å². The van der Waals surface area contributed by atoms with E-state index in [4.69, 9.17) is 4.74 Å². The molecule has 1 aliphatic heterocycles. The summed E-state index contributed by atoms with van der Waals surface area (Å²) < 4.78 is 34.3. The van der Waals surface area contributed by atoms with Crippen LogP contribution in [0.2, 0.25) is 0 Å². The molecule has 1 N–H and O–H groups in total. The van der Waals surface area contributed by atoms with Crippen molar-refractivity contribution in [2.45, 2.75) is 37.5 Å². The van der Waals surface area contributed by atoms with E-state index >= 15 is 0 Å². The minimum absolute atomic E-state index is 0.109. The first kappa shape index (κ1) is 21.5. The van der Waals surface area contributed by atoms with Gasteiger partial charge in [0.15, 0.2) is 0 Å². The lowest BCUT2D eigenvalue weighted by Crippen LogP contribution is -2.31. The molecule has 0 radical (unpaired) electrons. The molecular weight excluding hydrogens is 412 g/mol. The molecule has 7 nitrogen and oxygen atoms in total. The molecule has 164 valence electrons. The molecule has 0 bridgehead atoms. The van der Waals surface area contributed by atoms with Gasteiger partial charge >= 0.3 is 0 Å². The Bertz CT molecular complexity index is 1130. The number of aryl methyl sites for hydroxylation is 1. The molecule has 2 heterocycles. The predicted octanol–water partition coefficient (Wildman–Crippen LogP) is 3.99. The van der Waals surface area contributed by atoms with Gasteiger partial charge in [-0.2, -0.15) is 0 Å². The number of hydrogen-bond donors (Lipinski definition) is 1. The van der Waals surface area contributed by atoms with Crippen LogP contribution in [0, 0.1) is 6.92 Å². The number of sulfonamides is 1. The summed E-state index contributed by atoms with van der Waals surface area (Å²) in [5.41, 5.74) is 2.25. The van der Waals surface area contributed by atoms with Gasteiger partial charge in [0.25, 0.3) is 15.9 Å². The van der Waals surface area contributed by atoms with E-state index in [0.717, 1.165) is 31.6 Å². The van der Waals surface area contributed by atoms with E-state index in [9.17, 15) is 8.42 Å². The molecule has 0 spiro atoms. The Morgan fingerprint density at radius 2 is 1.65 bits per heavy atom. The fraction of sp³-hybridized carbons (Fsp3) is 0.391. The van der Waals surface area contributed by atoms with Crippen LogP contribution in [0.15, 0.2) is 53.4 Å². The standard InChI is InChI=1S/C23H28N4O3S/c1-18-10-12-19(13-11-18)31(28,29)26-22-23(25-21-9-4-3-8-20(21)24-22)30-17-7-16-27-14-5-2-6-15-27/h3-4,8-13H,2,5-7,14-17H2,1H3,(H,24,26). The molecule has 1 saturated heterocycles. The number of aromatic nitrogens is 2. The minimum Gasteiger partial charge on any atom is -0.475 e. The average Bonchev–Trinajstić information content (AvgIpc) is 2.77. The predicted molar refractivity (Wildman–Crippen MR) is 122 cm³/mol. The van der Waals surface area contributed by atoms with Crippen LogP contribution >= 0.6 is 0 Å². The first-order chi connectivity index (χ1) is 15.0. The molecular formula is C23H28N4O3S. The summed E-state index contributed by atoms with van der Waals surface area (Å²) in [6, 6.07) is 14.0. The fourth-order valence-electron chi connectivity index (χ4n) is 3.69. The quantitative estimate of drug-likeness (QED) is 0.533. The number of ether oxygens (including phenoxy) is 1. The second kappa shape index (κ2) is 9.62. The first-order valence-corrected chi connectivity index (χ1v) is 12.2. The lowest BCUT2D eigenvalue weighted by molar-refractivity contribution is 0.203. The second-order valence-electron chi connectivity index (χ2n) is 7.89. The largest absolute Gasteiger partial charge is 0.475 e. The molecule has 0 aliphatic carbocycles. The maximum Gasteiger partial charge on any atom is 0.263 e. The van der Waals surface area contributed by atoms with Crippen LogP contribution in [-0.2, 0) is 10.0 Å². The number of nitrogens with zero attached hydrogens (tertiary/aromatic N) is 3. The zero-order valence-electron chi connectivity index (χ0n) is 17.8. The lowest BCUT2D eigenvalue weighted by Gasteiger charge is -2.26. The number of rotatable bonds is 8. The van der Waals surface area contributed by atoms with Crippen LogP contribution in [0.4, 0.5) is 5.82 Å². The number of para-hydroxylation sites is 2. The fourth-order valence-corrected chi connectivity index (χ4v) is 4.69. The summed E-state index contributed by atoms with van der Waals surface area (Å²) in [7, 11) is -3.81. The van der Waals surface area contributed by atoms with Crippen LogP contribution in [0.5, 0.6) is 5.88 Å². The molecule has 1 aromatic heterocycles. The zero-order valence-corrected chi connectivity index (χ0v) is 18.6. The molecule has 31 heavy (non-hydrogen) atoms. The summed E-state index contributed by atoms with van der Waals surface area (Å²) in [5.74, 6) is 0.310. The number of benzene rings is 2. The zero-order chi connectivity index (χ0) is 21.7. The van der Waals surface area contributed by atoms with Crippen molar-refractivity contribution in [3.05, 3.63) is 54.1 Å². The Kier molecular flexibility index (Phi) is 6.67. The van der Waals surface area contributed by atoms with E-state index in [1.54, 1.807) is 30.3 Å². The van der Waals surface area contributed by atoms with Gasteiger partial charge in [-0.1, -0.05) is 36.2 Å². The van der Waals surface area contributed by atoms with Gasteiger partial charge in [-0.15, -0.1) is 0 Å². The summed E-state index contributed by atoms with van der Waals surface area (Å²) in [6.07, 6.45) is 4.66. The maximum atomic E-state index is 12.9. The molecule has 3 aromatic rings. The number of fused-ring (bicyclic) bond motifs is 1. The highest BCUT2D eigenvalue weighted by Crippen LogP contribution is 2.26.